The highest BCUT2D eigenvalue weighted by atomic mass is 16.5. The second kappa shape index (κ2) is 37.8. The van der Waals surface area contributed by atoms with E-state index in [4.69, 9.17) is 4.74 Å². The molecule has 7 unspecified atom stereocenters. The van der Waals surface area contributed by atoms with Gasteiger partial charge in [0.1, 0.15) is 0 Å². The molecule has 0 N–H and O–H groups in total. The Hall–Kier alpha value is -0.790. The zero-order valence-electron chi connectivity index (χ0n) is 39.0. The van der Waals surface area contributed by atoms with E-state index in [1.807, 2.05) is 0 Å². The molecule has 0 aliphatic heterocycles. The highest BCUT2D eigenvalue weighted by Gasteiger charge is 2.24. The molecular weight excluding hydrogens is 657 g/mol. The predicted octanol–water partition coefficient (Wildman–Crippen LogP) is 17.9. The summed E-state index contributed by atoms with van der Waals surface area (Å²) in [6.45, 7) is 24.9. The summed E-state index contributed by atoms with van der Waals surface area (Å²) >= 11 is 0. The van der Waals surface area contributed by atoms with E-state index in [2.05, 4.69) is 81.4 Å². The van der Waals surface area contributed by atoms with Crippen molar-refractivity contribution in [3.63, 3.8) is 0 Å². The molecule has 0 aromatic rings. The van der Waals surface area contributed by atoms with E-state index < -0.39 is 0 Å². The lowest BCUT2D eigenvalue weighted by Crippen LogP contribution is -2.20. The summed E-state index contributed by atoms with van der Waals surface area (Å²) in [5.74, 6) is 6.45. The Kier molecular flexibility index (Phi) is 37.2. The van der Waals surface area contributed by atoms with Crippen LogP contribution in [0.5, 0.6) is 0 Å². The molecule has 0 aliphatic carbocycles. The summed E-state index contributed by atoms with van der Waals surface area (Å²) < 4.78 is 5.70. The summed E-state index contributed by atoms with van der Waals surface area (Å²) in [7, 11) is 0. The lowest BCUT2D eigenvalue weighted by molar-refractivity contribution is -0.144. The lowest BCUT2D eigenvalue weighted by atomic mass is 9.75. The van der Waals surface area contributed by atoms with Crippen LogP contribution in [0.3, 0.4) is 0 Å². The van der Waals surface area contributed by atoms with Crippen LogP contribution < -0.4 is 0 Å². The number of hydrogen-bond donors (Lipinski definition) is 0. The minimum Gasteiger partial charge on any atom is -0.466 e. The minimum absolute atomic E-state index is 0.0164. The van der Waals surface area contributed by atoms with Crippen LogP contribution in [0.2, 0.25) is 0 Å². The van der Waals surface area contributed by atoms with E-state index in [9.17, 15) is 4.79 Å². The van der Waals surface area contributed by atoms with Crippen molar-refractivity contribution in [2.24, 2.45) is 47.3 Å². The standard InChI is InChI=1S/C52H102O2/c1-11-15-17-19-20-21-22-23-24-25-26-27-28-29-31-36-52(53)54-40-39-47(9)42-51(44(5)6)38-37-49(13-3)43-48(10)50(14-4)41-46(8)35-32-34-45(7)33-30-18-16-12-2/h23-24,44-51H,11-22,25-43H2,1-10H3/b24-23-. The second-order valence-electron chi connectivity index (χ2n) is 19.1. The van der Waals surface area contributed by atoms with Gasteiger partial charge >= 0.3 is 5.97 Å². The molecule has 322 valence electrons. The molecule has 0 aromatic heterocycles. The number of rotatable bonds is 40. The Balaban J connectivity index is 4.24. The van der Waals surface area contributed by atoms with Crippen molar-refractivity contribution in [2.75, 3.05) is 6.61 Å². The first-order valence-corrected chi connectivity index (χ1v) is 24.9. The van der Waals surface area contributed by atoms with E-state index in [0.717, 1.165) is 54.8 Å². The first-order valence-electron chi connectivity index (χ1n) is 24.9. The Morgan fingerprint density at radius 2 is 1.00 bits per heavy atom. The van der Waals surface area contributed by atoms with Gasteiger partial charge in [-0.2, -0.15) is 0 Å². The van der Waals surface area contributed by atoms with Crippen molar-refractivity contribution in [3.05, 3.63) is 12.2 Å². The van der Waals surface area contributed by atoms with E-state index in [-0.39, 0.29) is 5.97 Å². The molecule has 2 heteroatoms. The van der Waals surface area contributed by atoms with Gasteiger partial charge in [-0.15, -0.1) is 0 Å². The number of unbranched alkanes of at least 4 members (excludes halogenated alkanes) is 14. The summed E-state index contributed by atoms with van der Waals surface area (Å²) in [4.78, 5) is 12.4. The summed E-state index contributed by atoms with van der Waals surface area (Å²) in [5.41, 5.74) is 0. The van der Waals surface area contributed by atoms with Crippen molar-refractivity contribution in [1.29, 1.82) is 0 Å². The summed E-state index contributed by atoms with van der Waals surface area (Å²) in [6, 6.07) is 0. The van der Waals surface area contributed by atoms with Crippen LogP contribution in [0.15, 0.2) is 12.2 Å². The number of carbonyl (C=O) groups is 1. The Morgan fingerprint density at radius 1 is 0.481 bits per heavy atom. The Morgan fingerprint density at radius 3 is 1.59 bits per heavy atom. The van der Waals surface area contributed by atoms with Gasteiger partial charge in [0.2, 0.25) is 0 Å². The molecule has 0 bridgehead atoms. The van der Waals surface area contributed by atoms with E-state index in [1.165, 1.54) is 167 Å². The Bertz CT molecular complexity index is 815. The summed E-state index contributed by atoms with van der Waals surface area (Å²) in [6.07, 6.45) is 43.9. The Labute approximate surface area is 342 Å². The van der Waals surface area contributed by atoms with Crippen LogP contribution in [0.25, 0.3) is 0 Å². The maximum absolute atomic E-state index is 12.4. The van der Waals surface area contributed by atoms with Gasteiger partial charge in [0, 0.05) is 6.42 Å². The molecule has 54 heavy (non-hydrogen) atoms. The van der Waals surface area contributed by atoms with Crippen LogP contribution in [-0.2, 0) is 9.53 Å². The van der Waals surface area contributed by atoms with Crippen LogP contribution >= 0.6 is 0 Å². The van der Waals surface area contributed by atoms with Gasteiger partial charge in [-0.25, -0.2) is 0 Å². The number of ether oxygens (including phenoxy) is 1. The molecule has 0 saturated carbocycles. The van der Waals surface area contributed by atoms with Gasteiger partial charge < -0.3 is 4.74 Å². The molecule has 0 amide bonds. The molecule has 2 nitrogen and oxygen atoms in total. The average molecular weight is 759 g/mol. The molecule has 0 radical (unpaired) electrons. The molecular formula is C52H102O2. The molecule has 0 fully saturated rings. The van der Waals surface area contributed by atoms with Crippen LogP contribution in [0.4, 0.5) is 0 Å². The van der Waals surface area contributed by atoms with Gasteiger partial charge in [-0.05, 0) is 112 Å². The molecule has 0 rings (SSSR count). The van der Waals surface area contributed by atoms with Crippen LogP contribution in [0.1, 0.15) is 262 Å². The maximum atomic E-state index is 12.4. The first-order chi connectivity index (χ1) is 26.1. The normalized spacial score (nSPS) is 16.1. The van der Waals surface area contributed by atoms with Gasteiger partial charge in [0.25, 0.3) is 0 Å². The SMILES string of the molecule is CCCCCCCC/C=C\CCCCCCCC(=O)OCCC(C)CC(CCC(CC)CC(C)C(CC)CC(C)CCCC(C)CCCCCC)C(C)C. The smallest absolute Gasteiger partial charge is 0.305 e. The van der Waals surface area contributed by atoms with Gasteiger partial charge in [0.05, 0.1) is 6.61 Å². The zero-order chi connectivity index (χ0) is 40.2. The minimum atomic E-state index is 0.0164. The maximum Gasteiger partial charge on any atom is 0.305 e. The van der Waals surface area contributed by atoms with Gasteiger partial charge in [-0.1, -0.05) is 203 Å². The second-order valence-corrected chi connectivity index (χ2v) is 19.1. The summed E-state index contributed by atoms with van der Waals surface area (Å²) in [5, 5.41) is 0. The van der Waals surface area contributed by atoms with Crippen molar-refractivity contribution in [2.45, 2.75) is 262 Å². The average Bonchev–Trinajstić information content (AvgIpc) is 3.14. The van der Waals surface area contributed by atoms with Crippen molar-refractivity contribution >= 4 is 5.97 Å². The topological polar surface area (TPSA) is 26.3 Å². The predicted molar refractivity (Wildman–Crippen MR) is 243 cm³/mol. The molecule has 0 aromatic carbocycles. The third-order valence-electron chi connectivity index (χ3n) is 13.4. The number of hydrogen-bond acceptors (Lipinski definition) is 2. The van der Waals surface area contributed by atoms with Gasteiger partial charge in [-0.3, -0.25) is 4.79 Å². The van der Waals surface area contributed by atoms with Crippen molar-refractivity contribution in [3.8, 4) is 0 Å². The molecule has 0 saturated heterocycles. The van der Waals surface area contributed by atoms with Crippen molar-refractivity contribution in [1.82, 2.24) is 0 Å². The van der Waals surface area contributed by atoms with Crippen LogP contribution in [0, 0.1) is 47.3 Å². The largest absolute Gasteiger partial charge is 0.466 e. The van der Waals surface area contributed by atoms with E-state index in [1.54, 1.807) is 0 Å². The fraction of sp³-hybridized carbons (Fsp3) is 0.942. The van der Waals surface area contributed by atoms with Crippen LogP contribution in [-0.4, -0.2) is 12.6 Å². The van der Waals surface area contributed by atoms with Crippen molar-refractivity contribution < 1.29 is 9.53 Å². The lowest BCUT2D eigenvalue weighted by Gasteiger charge is -2.30. The number of carbonyl (C=O) groups excluding carboxylic acids is 1. The fourth-order valence-electron chi connectivity index (χ4n) is 9.12. The zero-order valence-corrected chi connectivity index (χ0v) is 39.0. The molecule has 0 heterocycles. The third-order valence-corrected chi connectivity index (χ3v) is 13.4. The molecule has 0 spiro atoms. The molecule has 0 aliphatic rings. The first kappa shape index (κ1) is 53.2. The quantitative estimate of drug-likeness (QED) is 0.0353. The fourth-order valence-corrected chi connectivity index (χ4v) is 9.12. The van der Waals surface area contributed by atoms with E-state index in [0.29, 0.717) is 24.9 Å². The van der Waals surface area contributed by atoms with Gasteiger partial charge in [0.15, 0.2) is 0 Å². The highest BCUT2D eigenvalue weighted by molar-refractivity contribution is 5.69. The third kappa shape index (κ3) is 32.3. The number of allylic oxidation sites excluding steroid dienone is 2. The van der Waals surface area contributed by atoms with E-state index >= 15 is 0 Å². The molecule has 7 atom stereocenters. The number of esters is 1. The highest BCUT2D eigenvalue weighted by Crippen LogP contribution is 2.35. The monoisotopic (exact) mass is 759 g/mol.